The van der Waals surface area contributed by atoms with Gasteiger partial charge in [-0.25, -0.2) is 4.79 Å². The van der Waals surface area contributed by atoms with E-state index in [-0.39, 0.29) is 0 Å². The molecule has 0 radical (unpaired) electrons. The molecule has 1 aliphatic rings. The Morgan fingerprint density at radius 1 is 0.857 bits per heavy atom. The van der Waals surface area contributed by atoms with Crippen LogP contribution in [-0.2, 0) is 47.6 Å². The fraction of sp³-hybridized carbons (Fsp3) is 0.733. The number of carbonyl (C=O) groups excluding carboxylic acids is 4. The lowest BCUT2D eigenvalue weighted by Gasteiger charge is -2.43. The number of esters is 4. The zero-order chi connectivity index (χ0) is 21.6. The molecule has 0 saturated carbocycles. The number of rotatable bonds is 6. The van der Waals surface area contributed by atoms with Crippen LogP contribution in [0.3, 0.4) is 0 Å². The largest absolute Gasteiger partial charge is 0.467 e. The normalized spacial score (nSPS) is 27.5. The maximum absolute atomic E-state index is 12.5. The van der Waals surface area contributed by atoms with Crippen molar-refractivity contribution < 1.29 is 60.8 Å². The lowest BCUT2D eigenvalue weighted by molar-refractivity contribution is -0.317. The Bertz CT molecular complexity index is 605. The first-order chi connectivity index (χ1) is 12.9. The van der Waals surface area contributed by atoms with Gasteiger partial charge in [-0.05, 0) is 0 Å². The quantitative estimate of drug-likeness (QED) is 0.440. The van der Waals surface area contributed by atoms with Crippen LogP contribution in [0.1, 0.15) is 20.8 Å². The summed E-state index contributed by atoms with van der Waals surface area (Å²) < 4.78 is 66.6. The van der Waals surface area contributed by atoms with E-state index in [1.807, 2.05) is 0 Å². The van der Waals surface area contributed by atoms with Crippen LogP contribution in [0.25, 0.3) is 0 Å². The summed E-state index contributed by atoms with van der Waals surface area (Å²) in [6, 6.07) is 0. The van der Waals surface area contributed by atoms with E-state index in [4.69, 9.17) is 18.9 Å². The third-order valence-electron chi connectivity index (χ3n) is 3.25. The van der Waals surface area contributed by atoms with Gasteiger partial charge in [0.15, 0.2) is 30.7 Å². The molecule has 1 heterocycles. The highest BCUT2D eigenvalue weighted by Gasteiger charge is 2.55. The molecule has 0 aromatic heterocycles. The number of carbonyl (C=O) groups is 4. The molecule has 160 valence electrons. The first-order valence-corrected chi connectivity index (χ1v) is 7.79. The van der Waals surface area contributed by atoms with Gasteiger partial charge in [-0.1, -0.05) is 0 Å². The second kappa shape index (κ2) is 9.68. The molecule has 0 unspecified atom stereocenters. The Labute approximate surface area is 157 Å². The number of halogens is 3. The minimum absolute atomic E-state index is 0.929. The lowest BCUT2D eigenvalue weighted by Crippen LogP contribution is -2.64. The topological polar surface area (TPSA) is 124 Å². The van der Waals surface area contributed by atoms with Gasteiger partial charge in [0, 0.05) is 20.8 Å². The molecule has 1 saturated heterocycles. The van der Waals surface area contributed by atoms with Crippen LogP contribution in [0.5, 0.6) is 0 Å². The maximum Gasteiger partial charge on any atom is 0.411 e. The standard InChI is InChI=1S/C15H19F3O10/c1-6(19)25-9-10(26-7(2)20)12(27-8(3)21)14(24-5-15(16,17)18)28-11(9)13(22)23-4/h9-12,14H,5H2,1-4H3/t9-,10-,11-,12+,14+/m0/s1. The van der Waals surface area contributed by atoms with Crippen molar-refractivity contribution in [3.63, 3.8) is 0 Å². The van der Waals surface area contributed by atoms with E-state index in [0.717, 1.165) is 27.9 Å². The molecule has 10 nitrogen and oxygen atoms in total. The van der Waals surface area contributed by atoms with Crippen molar-refractivity contribution in [1.82, 2.24) is 0 Å². The van der Waals surface area contributed by atoms with Gasteiger partial charge in [0.1, 0.15) is 6.61 Å². The van der Waals surface area contributed by atoms with E-state index in [0.29, 0.717) is 0 Å². The summed E-state index contributed by atoms with van der Waals surface area (Å²) in [5.41, 5.74) is 0. The van der Waals surface area contributed by atoms with Crippen molar-refractivity contribution in [1.29, 1.82) is 0 Å². The zero-order valence-corrected chi connectivity index (χ0v) is 15.3. The molecule has 0 aromatic carbocycles. The van der Waals surface area contributed by atoms with Crippen molar-refractivity contribution in [2.24, 2.45) is 0 Å². The molecule has 0 bridgehead atoms. The van der Waals surface area contributed by atoms with E-state index in [9.17, 15) is 32.3 Å². The molecule has 13 heteroatoms. The Kier molecular flexibility index (Phi) is 8.17. The summed E-state index contributed by atoms with van der Waals surface area (Å²) in [6.07, 6.45) is -13.7. The molecule has 0 aliphatic carbocycles. The van der Waals surface area contributed by atoms with E-state index < -0.39 is 67.4 Å². The molecule has 0 N–H and O–H groups in total. The molecular formula is C15H19F3O10. The smallest absolute Gasteiger partial charge is 0.411 e. The van der Waals surface area contributed by atoms with Gasteiger partial charge >= 0.3 is 30.1 Å². The number of methoxy groups -OCH3 is 1. The van der Waals surface area contributed by atoms with Crippen LogP contribution in [-0.4, -0.2) is 74.5 Å². The van der Waals surface area contributed by atoms with Crippen LogP contribution in [0.4, 0.5) is 13.2 Å². The van der Waals surface area contributed by atoms with E-state index in [2.05, 4.69) is 9.47 Å². The number of ether oxygens (including phenoxy) is 6. The minimum atomic E-state index is -4.78. The van der Waals surface area contributed by atoms with Crippen molar-refractivity contribution in [2.45, 2.75) is 57.7 Å². The SMILES string of the molecule is COC(=O)[C@H]1O[C@@H](OCC(F)(F)F)[C@H](OC(C)=O)[C@@H](OC(C)=O)[C@@H]1OC(C)=O. The summed E-state index contributed by atoms with van der Waals surface area (Å²) in [6.45, 7) is 1.02. The zero-order valence-electron chi connectivity index (χ0n) is 15.3. The highest BCUT2D eigenvalue weighted by Crippen LogP contribution is 2.31. The summed E-state index contributed by atoms with van der Waals surface area (Å²) in [7, 11) is 0.946. The molecule has 0 spiro atoms. The van der Waals surface area contributed by atoms with Crippen LogP contribution in [0.15, 0.2) is 0 Å². The predicted molar refractivity (Wildman–Crippen MR) is 79.3 cm³/mol. The fourth-order valence-corrected chi connectivity index (χ4v) is 2.39. The Morgan fingerprint density at radius 2 is 1.32 bits per heavy atom. The summed E-state index contributed by atoms with van der Waals surface area (Å²) in [4.78, 5) is 46.3. The fourth-order valence-electron chi connectivity index (χ4n) is 2.39. The molecule has 5 atom stereocenters. The van der Waals surface area contributed by atoms with Gasteiger partial charge in [0.2, 0.25) is 0 Å². The van der Waals surface area contributed by atoms with Crippen molar-refractivity contribution in [3.05, 3.63) is 0 Å². The molecule has 1 fully saturated rings. The van der Waals surface area contributed by atoms with E-state index in [1.54, 1.807) is 0 Å². The van der Waals surface area contributed by atoms with Gasteiger partial charge < -0.3 is 28.4 Å². The Morgan fingerprint density at radius 3 is 1.75 bits per heavy atom. The summed E-state index contributed by atoms with van der Waals surface area (Å²) >= 11 is 0. The average Bonchev–Trinajstić information content (AvgIpc) is 2.54. The van der Waals surface area contributed by atoms with E-state index in [1.165, 1.54) is 0 Å². The van der Waals surface area contributed by atoms with E-state index >= 15 is 0 Å². The third kappa shape index (κ3) is 6.96. The van der Waals surface area contributed by atoms with Gasteiger partial charge in [-0.3, -0.25) is 14.4 Å². The maximum atomic E-state index is 12.5. The van der Waals surface area contributed by atoms with Gasteiger partial charge in [-0.2, -0.15) is 13.2 Å². The Balaban J connectivity index is 3.34. The van der Waals surface area contributed by atoms with Crippen LogP contribution >= 0.6 is 0 Å². The van der Waals surface area contributed by atoms with Crippen molar-refractivity contribution in [2.75, 3.05) is 13.7 Å². The first kappa shape index (κ1) is 23.6. The predicted octanol–water partition coefficient (Wildman–Crippen LogP) is 0.258. The Hall–Kier alpha value is -2.41. The summed E-state index contributed by atoms with van der Waals surface area (Å²) in [5.74, 6) is -4.02. The monoisotopic (exact) mass is 416 g/mol. The average molecular weight is 416 g/mol. The molecule has 28 heavy (non-hydrogen) atoms. The number of hydrogen-bond acceptors (Lipinski definition) is 10. The van der Waals surface area contributed by atoms with Crippen LogP contribution in [0, 0.1) is 0 Å². The highest BCUT2D eigenvalue weighted by molar-refractivity contribution is 5.77. The molecule has 1 rings (SSSR count). The van der Waals surface area contributed by atoms with Crippen molar-refractivity contribution >= 4 is 23.9 Å². The van der Waals surface area contributed by atoms with Crippen molar-refractivity contribution in [3.8, 4) is 0 Å². The molecular weight excluding hydrogens is 397 g/mol. The van der Waals surface area contributed by atoms with Gasteiger partial charge in [0.05, 0.1) is 7.11 Å². The lowest BCUT2D eigenvalue weighted by atomic mass is 9.97. The van der Waals surface area contributed by atoms with Crippen LogP contribution < -0.4 is 0 Å². The number of alkyl halides is 3. The molecule has 1 aliphatic heterocycles. The van der Waals surface area contributed by atoms with Gasteiger partial charge in [-0.15, -0.1) is 0 Å². The van der Waals surface area contributed by atoms with Gasteiger partial charge in [0.25, 0.3) is 0 Å². The minimum Gasteiger partial charge on any atom is -0.467 e. The van der Waals surface area contributed by atoms with Crippen LogP contribution in [0.2, 0.25) is 0 Å². The number of hydrogen-bond donors (Lipinski definition) is 0. The highest BCUT2D eigenvalue weighted by atomic mass is 19.4. The third-order valence-corrected chi connectivity index (χ3v) is 3.25. The molecule has 0 aromatic rings. The second-order valence-corrected chi connectivity index (χ2v) is 5.60. The second-order valence-electron chi connectivity index (χ2n) is 5.60. The summed E-state index contributed by atoms with van der Waals surface area (Å²) in [5, 5.41) is 0. The molecule has 0 amide bonds. The first-order valence-electron chi connectivity index (χ1n) is 7.79.